The minimum atomic E-state index is -0.248. The van der Waals surface area contributed by atoms with Gasteiger partial charge in [-0.2, -0.15) is 0 Å². The fourth-order valence-corrected chi connectivity index (χ4v) is 2.01. The maximum atomic E-state index is 11.6. The van der Waals surface area contributed by atoms with Gasteiger partial charge >= 0.3 is 0 Å². The number of methoxy groups -OCH3 is 2. The number of hydrogen-bond donors (Lipinski definition) is 2. The van der Waals surface area contributed by atoms with Crippen LogP contribution >= 0.6 is 0 Å². The third kappa shape index (κ3) is 3.23. The van der Waals surface area contributed by atoms with Crippen LogP contribution in [0.2, 0.25) is 0 Å². The molecule has 106 valence electrons. The van der Waals surface area contributed by atoms with E-state index in [1.165, 1.54) is 13.2 Å². The Labute approximate surface area is 115 Å². The first kappa shape index (κ1) is 14.2. The largest absolute Gasteiger partial charge is 0.380 e. The number of hydrogen-bond acceptors (Lipinski definition) is 4. The van der Waals surface area contributed by atoms with Gasteiger partial charge in [-0.3, -0.25) is 9.59 Å². The monoisotopic (exact) mass is 276 g/mol. The van der Waals surface area contributed by atoms with Crippen molar-refractivity contribution >= 4 is 22.5 Å². The van der Waals surface area contributed by atoms with E-state index in [1.54, 1.807) is 19.2 Å². The highest BCUT2D eigenvalue weighted by Crippen LogP contribution is 2.20. The van der Waals surface area contributed by atoms with E-state index in [4.69, 9.17) is 9.47 Å². The van der Waals surface area contributed by atoms with Gasteiger partial charge in [0.05, 0.1) is 12.1 Å². The van der Waals surface area contributed by atoms with Crippen molar-refractivity contribution in [1.29, 1.82) is 0 Å². The Balaban J connectivity index is 2.39. The maximum Gasteiger partial charge on any atom is 0.250 e. The highest BCUT2D eigenvalue weighted by Gasteiger charge is 2.06. The van der Waals surface area contributed by atoms with Crippen LogP contribution in [0.3, 0.4) is 0 Å². The molecule has 1 amide bonds. The molecule has 6 heteroatoms. The zero-order chi connectivity index (χ0) is 14.5. The number of carbonyl (C=O) groups is 1. The maximum absolute atomic E-state index is 11.6. The first-order chi connectivity index (χ1) is 9.63. The Morgan fingerprint density at radius 3 is 2.75 bits per heavy atom. The molecule has 0 spiro atoms. The molecule has 1 aromatic heterocycles. The number of benzene rings is 1. The molecule has 6 nitrogen and oxygen atoms in total. The molecule has 1 heterocycles. The second-order valence-electron chi connectivity index (χ2n) is 4.33. The van der Waals surface area contributed by atoms with Gasteiger partial charge in [-0.15, -0.1) is 0 Å². The highest BCUT2D eigenvalue weighted by atomic mass is 16.5. The van der Waals surface area contributed by atoms with Crippen molar-refractivity contribution in [3.63, 3.8) is 0 Å². The summed E-state index contributed by atoms with van der Waals surface area (Å²) < 4.78 is 9.83. The van der Waals surface area contributed by atoms with Crippen LogP contribution in [0.5, 0.6) is 0 Å². The molecule has 2 rings (SSSR count). The Kier molecular flexibility index (Phi) is 4.49. The molecule has 0 aliphatic rings. The summed E-state index contributed by atoms with van der Waals surface area (Å²) in [6.07, 6.45) is 0. The quantitative estimate of drug-likeness (QED) is 0.861. The van der Waals surface area contributed by atoms with Gasteiger partial charge in [0.15, 0.2) is 0 Å². The van der Waals surface area contributed by atoms with Gasteiger partial charge in [-0.25, -0.2) is 0 Å². The number of anilines is 1. The molecule has 2 N–H and O–H groups in total. The molecule has 0 aliphatic heterocycles. The number of aromatic nitrogens is 1. The fourth-order valence-electron chi connectivity index (χ4n) is 2.01. The minimum absolute atomic E-state index is 0.0156. The van der Waals surface area contributed by atoms with E-state index in [2.05, 4.69) is 10.3 Å². The highest BCUT2D eigenvalue weighted by molar-refractivity contribution is 5.94. The molecule has 2 aromatic rings. The van der Waals surface area contributed by atoms with E-state index in [1.807, 2.05) is 6.07 Å². The van der Waals surface area contributed by atoms with Crippen molar-refractivity contribution in [1.82, 2.24) is 4.98 Å². The topological polar surface area (TPSA) is 80.4 Å². The number of H-pyrrole nitrogens is 1. The second kappa shape index (κ2) is 6.31. The lowest BCUT2D eigenvalue weighted by Gasteiger charge is -2.08. The van der Waals surface area contributed by atoms with E-state index in [-0.39, 0.29) is 18.1 Å². The Bertz CT molecular complexity index is 678. The average Bonchev–Trinajstić information content (AvgIpc) is 2.38. The number of amides is 1. The summed E-state index contributed by atoms with van der Waals surface area (Å²) in [5.41, 5.74) is 1.86. The third-order valence-corrected chi connectivity index (χ3v) is 2.79. The summed E-state index contributed by atoms with van der Waals surface area (Å²) in [7, 11) is 3.03. The van der Waals surface area contributed by atoms with Crippen LogP contribution in [0.25, 0.3) is 10.9 Å². The van der Waals surface area contributed by atoms with Crippen molar-refractivity contribution < 1.29 is 14.3 Å². The standard InChI is InChI=1S/C14H16N2O4/c1-19-7-9-5-13(17)16-12-6-10(3-4-11(9)12)15-14(18)8-20-2/h3-6H,7-8H2,1-2H3,(H,15,18)(H,16,17). The van der Waals surface area contributed by atoms with Crippen LogP contribution in [-0.2, 0) is 20.9 Å². The van der Waals surface area contributed by atoms with Gasteiger partial charge in [0.25, 0.3) is 0 Å². The molecule has 0 atom stereocenters. The van der Waals surface area contributed by atoms with Gasteiger partial charge in [-0.05, 0) is 17.7 Å². The second-order valence-corrected chi connectivity index (χ2v) is 4.33. The predicted molar refractivity (Wildman–Crippen MR) is 75.8 cm³/mol. The third-order valence-electron chi connectivity index (χ3n) is 2.79. The molecule has 0 unspecified atom stereocenters. The summed E-state index contributed by atoms with van der Waals surface area (Å²) in [4.78, 5) is 25.8. The molecular weight excluding hydrogens is 260 g/mol. The summed E-state index contributed by atoms with van der Waals surface area (Å²) in [6.45, 7) is 0.341. The Morgan fingerprint density at radius 2 is 2.05 bits per heavy atom. The molecular formula is C14H16N2O4. The first-order valence-electron chi connectivity index (χ1n) is 6.07. The molecule has 0 saturated carbocycles. The lowest BCUT2D eigenvalue weighted by atomic mass is 10.1. The van der Waals surface area contributed by atoms with Gasteiger partial charge < -0.3 is 19.8 Å². The normalized spacial score (nSPS) is 10.7. The summed E-state index contributed by atoms with van der Waals surface area (Å²) >= 11 is 0. The van der Waals surface area contributed by atoms with Gasteiger partial charge in [0.2, 0.25) is 11.5 Å². The Hall–Kier alpha value is -2.18. The fraction of sp³-hybridized carbons (Fsp3) is 0.286. The number of nitrogens with one attached hydrogen (secondary N) is 2. The van der Waals surface area contributed by atoms with Crippen LogP contribution < -0.4 is 10.9 Å². The SMILES string of the molecule is COCC(=O)Nc1ccc2c(COC)cc(=O)[nH]c2c1. The number of ether oxygens (including phenoxy) is 2. The van der Waals surface area contributed by atoms with Gasteiger partial charge in [-0.1, -0.05) is 6.07 Å². The molecule has 0 radical (unpaired) electrons. The van der Waals surface area contributed by atoms with Crippen LogP contribution in [0.15, 0.2) is 29.1 Å². The van der Waals surface area contributed by atoms with Crippen LogP contribution in [-0.4, -0.2) is 31.7 Å². The van der Waals surface area contributed by atoms with E-state index in [0.29, 0.717) is 17.8 Å². The number of rotatable bonds is 5. The zero-order valence-corrected chi connectivity index (χ0v) is 11.4. The number of pyridine rings is 1. The van der Waals surface area contributed by atoms with E-state index >= 15 is 0 Å². The van der Waals surface area contributed by atoms with Crippen molar-refractivity contribution in [2.24, 2.45) is 0 Å². The lowest BCUT2D eigenvalue weighted by Crippen LogP contribution is -2.17. The summed E-state index contributed by atoms with van der Waals surface area (Å²) in [6, 6.07) is 6.83. The van der Waals surface area contributed by atoms with Crippen LogP contribution in [0, 0.1) is 0 Å². The molecule has 0 saturated heterocycles. The Morgan fingerprint density at radius 1 is 1.25 bits per heavy atom. The predicted octanol–water partition coefficient (Wildman–Crippen LogP) is 1.26. The van der Waals surface area contributed by atoms with Crippen molar-refractivity contribution in [2.45, 2.75) is 6.61 Å². The molecule has 0 fully saturated rings. The van der Waals surface area contributed by atoms with Crippen molar-refractivity contribution in [2.75, 3.05) is 26.1 Å². The lowest BCUT2D eigenvalue weighted by molar-refractivity contribution is -0.119. The molecule has 20 heavy (non-hydrogen) atoms. The van der Waals surface area contributed by atoms with E-state index in [0.717, 1.165) is 10.9 Å². The smallest absolute Gasteiger partial charge is 0.250 e. The zero-order valence-electron chi connectivity index (χ0n) is 11.4. The van der Waals surface area contributed by atoms with Crippen molar-refractivity contribution in [3.05, 3.63) is 40.2 Å². The first-order valence-corrected chi connectivity index (χ1v) is 6.07. The average molecular weight is 276 g/mol. The number of carbonyl (C=O) groups excluding carboxylic acids is 1. The van der Waals surface area contributed by atoms with Crippen LogP contribution in [0.4, 0.5) is 5.69 Å². The molecule has 1 aromatic carbocycles. The summed E-state index contributed by atoms with van der Waals surface area (Å²) in [5.74, 6) is -0.248. The number of fused-ring (bicyclic) bond motifs is 1. The van der Waals surface area contributed by atoms with E-state index in [9.17, 15) is 9.59 Å². The van der Waals surface area contributed by atoms with Crippen molar-refractivity contribution in [3.8, 4) is 0 Å². The van der Waals surface area contributed by atoms with Crippen LogP contribution in [0.1, 0.15) is 5.56 Å². The minimum Gasteiger partial charge on any atom is -0.380 e. The molecule has 0 aliphatic carbocycles. The number of aromatic amines is 1. The summed E-state index contributed by atoms with van der Waals surface area (Å²) in [5, 5.41) is 3.57. The van der Waals surface area contributed by atoms with E-state index < -0.39 is 0 Å². The van der Waals surface area contributed by atoms with Gasteiger partial charge in [0.1, 0.15) is 6.61 Å². The van der Waals surface area contributed by atoms with Gasteiger partial charge in [0, 0.05) is 31.4 Å². The molecule has 0 bridgehead atoms.